The summed E-state index contributed by atoms with van der Waals surface area (Å²) in [6.45, 7) is 2.65. The largest absolute Gasteiger partial charge is 0.573 e. The van der Waals surface area contributed by atoms with Crippen molar-refractivity contribution in [2.24, 2.45) is 5.11 Å². The first-order valence-electron chi connectivity index (χ1n) is 10.3. The fourth-order valence-corrected chi connectivity index (χ4v) is 4.34. The van der Waals surface area contributed by atoms with Crippen molar-refractivity contribution in [1.82, 2.24) is 9.97 Å². The number of ether oxygens (including phenoxy) is 1. The lowest BCUT2D eigenvalue weighted by atomic mass is 10.0. The van der Waals surface area contributed by atoms with Gasteiger partial charge in [0.05, 0.1) is 5.39 Å². The van der Waals surface area contributed by atoms with E-state index in [9.17, 15) is 13.2 Å². The first kappa shape index (κ1) is 23.3. The second-order valence-electron chi connectivity index (χ2n) is 7.44. The Morgan fingerprint density at radius 3 is 2.38 bits per heavy atom. The summed E-state index contributed by atoms with van der Waals surface area (Å²) in [7, 11) is 0. The van der Waals surface area contributed by atoms with Crippen LogP contribution in [0.15, 0.2) is 59.7 Å². The lowest BCUT2D eigenvalue weighted by Crippen LogP contribution is -2.16. The molecule has 0 atom stereocenters. The molecule has 0 saturated heterocycles. The number of rotatable bonds is 8. The molecule has 7 nitrogen and oxygen atoms in total. The maximum absolute atomic E-state index is 12.3. The third-order valence-corrected chi connectivity index (χ3v) is 5.89. The molecule has 0 spiro atoms. The SMILES string of the molecule is Cc1cc2c(NCCCc3ccc(-c4ccc(OC(F)(F)F)cc4)cc3)nc(N=[N+]=[N-])nc2s1. The number of benzene rings is 2. The summed E-state index contributed by atoms with van der Waals surface area (Å²) in [4.78, 5) is 13.2. The smallest absolute Gasteiger partial charge is 0.406 e. The van der Waals surface area contributed by atoms with Crippen LogP contribution in [0.1, 0.15) is 16.9 Å². The number of thiophene rings is 1. The second kappa shape index (κ2) is 9.98. The number of alkyl halides is 3. The Balaban J connectivity index is 1.34. The molecule has 0 aliphatic carbocycles. The van der Waals surface area contributed by atoms with E-state index < -0.39 is 6.36 Å². The van der Waals surface area contributed by atoms with Crippen LogP contribution in [0.2, 0.25) is 0 Å². The van der Waals surface area contributed by atoms with Crippen LogP contribution in [-0.2, 0) is 6.42 Å². The first-order chi connectivity index (χ1) is 16.3. The Bertz CT molecular complexity index is 1330. The summed E-state index contributed by atoms with van der Waals surface area (Å²) in [5, 5.41) is 7.73. The normalized spacial score (nSPS) is 11.3. The van der Waals surface area contributed by atoms with E-state index in [2.05, 4.69) is 30.0 Å². The summed E-state index contributed by atoms with van der Waals surface area (Å²) in [5.41, 5.74) is 11.5. The van der Waals surface area contributed by atoms with Crippen molar-refractivity contribution in [2.75, 3.05) is 11.9 Å². The van der Waals surface area contributed by atoms with E-state index in [-0.39, 0.29) is 11.7 Å². The van der Waals surface area contributed by atoms with E-state index >= 15 is 0 Å². The highest BCUT2D eigenvalue weighted by Crippen LogP contribution is 2.30. The van der Waals surface area contributed by atoms with Gasteiger partial charge in [-0.2, -0.15) is 0 Å². The van der Waals surface area contributed by atoms with Gasteiger partial charge in [-0.25, -0.2) is 9.97 Å². The van der Waals surface area contributed by atoms with Crippen molar-refractivity contribution in [3.8, 4) is 16.9 Å². The molecule has 2 aromatic carbocycles. The fraction of sp³-hybridized carbons (Fsp3) is 0.217. The Kier molecular flexibility index (Phi) is 6.85. The van der Waals surface area contributed by atoms with Gasteiger partial charge in [0, 0.05) is 16.3 Å². The minimum Gasteiger partial charge on any atom is -0.406 e. The summed E-state index contributed by atoms with van der Waals surface area (Å²) in [5.74, 6) is 0.489. The predicted molar refractivity (Wildman–Crippen MR) is 126 cm³/mol. The van der Waals surface area contributed by atoms with E-state index in [1.54, 1.807) is 12.1 Å². The number of hydrogen-bond acceptors (Lipinski definition) is 6. The zero-order valence-corrected chi connectivity index (χ0v) is 18.8. The van der Waals surface area contributed by atoms with Crippen LogP contribution in [0.5, 0.6) is 5.75 Å². The van der Waals surface area contributed by atoms with Gasteiger partial charge in [0.15, 0.2) is 0 Å². The van der Waals surface area contributed by atoms with Crippen LogP contribution in [0.3, 0.4) is 0 Å². The van der Waals surface area contributed by atoms with Gasteiger partial charge in [-0.05, 0) is 65.3 Å². The molecule has 0 aliphatic rings. The third kappa shape index (κ3) is 5.94. The van der Waals surface area contributed by atoms with Gasteiger partial charge in [0.1, 0.15) is 16.4 Å². The maximum Gasteiger partial charge on any atom is 0.573 e. The van der Waals surface area contributed by atoms with E-state index in [0.29, 0.717) is 12.4 Å². The van der Waals surface area contributed by atoms with Crippen molar-refractivity contribution in [1.29, 1.82) is 0 Å². The van der Waals surface area contributed by atoms with Crippen molar-refractivity contribution >= 4 is 33.3 Å². The molecule has 0 amide bonds. The molecule has 2 aromatic heterocycles. The van der Waals surface area contributed by atoms with Crippen molar-refractivity contribution in [3.05, 3.63) is 75.5 Å². The zero-order chi connectivity index (χ0) is 24.1. The van der Waals surface area contributed by atoms with E-state index in [1.165, 1.54) is 23.5 Å². The van der Waals surface area contributed by atoms with Crippen LogP contribution in [0, 0.1) is 6.92 Å². The summed E-state index contributed by atoms with van der Waals surface area (Å²) in [6.07, 6.45) is -3.03. The Morgan fingerprint density at radius 1 is 1.06 bits per heavy atom. The number of fused-ring (bicyclic) bond motifs is 1. The zero-order valence-electron chi connectivity index (χ0n) is 18.0. The molecule has 0 unspecified atom stereocenters. The molecule has 0 radical (unpaired) electrons. The lowest BCUT2D eigenvalue weighted by molar-refractivity contribution is -0.274. The molecular formula is C23H19F3N6OS. The summed E-state index contributed by atoms with van der Waals surface area (Å²) >= 11 is 1.51. The highest BCUT2D eigenvalue weighted by molar-refractivity contribution is 7.18. The average molecular weight is 485 g/mol. The molecule has 4 aromatic rings. The maximum atomic E-state index is 12.3. The molecular weight excluding hydrogens is 465 g/mol. The molecule has 174 valence electrons. The standard InChI is InChI=1S/C23H19F3N6OS/c1-14-13-19-20(29-22(31-32-27)30-21(19)34-14)28-12-2-3-15-4-6-16(7-5-15)17-8-10-18(11-9-17)33-23(24,25)26/h4-11,13H,2-3,12H2,1H3,(H,28,29,30). The van der Waals surface area contributed by atoms with Crippen LogP contribution >= 0.6 is 11.3 Å². The minimum atomic E-state index is -4.70. The van der Waals surface area contributed by atoms with Crippen LogP contribution in [0.4, 0.5) is 24.9 Å². The van der Waals surface area contributed by atoms with Crippen molar-refractivity contribution in [2.45, 2.75) is 26.1 Å². The minimum absolute atomic E-state index is 0.0907. The Hall–Kier alpha value is -3.82. The molecule has 1 N–H and O–H groups in total. The molecule has 34 heavy (non-hydrogen) atoms. The van der Waals surface area contributed by atoms with E-state index in [0.717, 1.165) is 44.6 Å². The van der Waals surface area contributed by atoms with Gasteiger partial charge in [0.25, 0.3) is 0 Å². The van der Waals surface area contributed by atoms with Crippen molar-refractivity contribution < 1.29 is 17.9 Å². The van der Waals surface area contributed by atoms with E-state index in [1.807, 2.05) is 37.3 Å². The highest BCUT2D eigenvalue weighted by atomic mass is 32.1. The molecule has 0 fully saturated rings. The molecule has 0 aliphatic heterocycles. The number of halogens is 3. The first-order valence-corrected chi connectivity index (χ1v) is 11.1. The van der Waals surface area contributed by atoms with Crippen LogP contribution < -0.4 is 10.1 Å². The lowest BCUT2D eigenvalue weighted by Gasteiger charge is -2.10. The Labute approximate surface area is 196 Å². The number of anilines is 1. The van der Waals surface area contributed by atoms with Crippen LogP contribution in [-0.4, -0.2) is 22.9 Å². The van der Waals surface area contributed by atoms with Gasteiger partial charge >= 0.3 is 6.36 Å². The van der Waals surface area contributed by atoms with E-state index in [4.69, 9.17) is 5.53 Å². The van der Waals surface area contributed by atoms with Crippen LogP contribution in [0.25, 0.3) is 31.8 Å². The van der Waals surface area contributed by atoms with Gasteiger partial charge < -0.3 is 10.1 Å². The molecule has 4 rings (SSSR count). The topological polar surface area (TPSA) is 95.8 Å². The molecule has 2 heterocycles. The third-order valence-electron chi connectivity index (χ3n) is 4.95. The van der Waals surface area contributed by atoms with Gasteiger partial charge in [-0.1, -0.05) is 36.4 Å². The monoisotopic (exact) mass is 484 g/mol. The number of aryl methyl sites for hydroxylation is 2. The molecule has 0 bridgehead atoms. The highest BCUT2D eigenvalue weighted by Gasteiger charge is 2.30. The number of nitrogens with one attached hydrogen (secondary N) is 1. The predicted octanol–water partition coefficient (Wildman–Crippen LogP) is 7.55. The fourth-order valence-electron chi connectivity index (χ4n) is 3.46. The molecule has 11 heteroatoms. The summed E-state index contributed by atoms with van der Waals surface area (Å²) < 4.78 is 40.8. The number of nitrogens with zero attached hydrogens (tertiary/aromatic N) is 5. The van der Waals surface area contributed by atoms with Crippen molar-refractivity contribution in [3.63, 3.8) is 0 Å². The number of azide groups is 1. The quantitative estimate of drug-likeness (QED) is 0.121. The second-order valence-corrected chi connectivity index (χ2v) is 8.67. The van der Waals surface area contributed by atoms with Gasteiger partial charge in [0.2, 0.25) is 5.95 Å². The number of hydrogen-bond donors (Lipinski definition) is 1. The summed E-state index contributed by atoms with van der Waals surface area (Å²) in [6, 6.07) is 15.7. The average Bonchev–Trinajstić information content (AvgIpc) is 3.17. The molecule has 0 saturated carbocycles. The Morgan fingerprint density at radius 2 is 1.74 bits per heavy atom. The number of aromatic nitrogens is 2. The van der Waals surface area contributed by atoms with Gasteiger partial charge in [-0.15, -0.1) is 24.5 Å². The van der Waals surface area contributed by atoms with Gasteiger partial charge in [-0.3, -0.25) is 0 Å².